The Morgan fingerprint density at radius 1 is 1.08 bits per heavy atom. The van der Waals surface area contributed by atoms with Gasteiger partial charge in [0.1, 0.15) is 5.75 Å². The maximum Gasteiger partial charge on any atom is 0.317 e. The van der Waals surface area contributed by atoms with Crippen LogP contribution < -0.4 is 5.32 Å². The highest BCUT2D eigenvalue weighted by Crippen LogP contribution is 2.18. The number of likely N-dealkylation sites (tertiary alicyclic amines) is 1. The first-order valence-corrected chi connectivity index (χ1v) is 9.43. The van der Waals surface area contributed by atoms with E-state index in [2.05, 4.69) is 22.0 Å². The lowest BCUT2D eigenvalue weighted by Crippen LogP contribution is -2.54. The molecule has 2 N–H and O–H groups in total. The second-order valence-electron chi connectivity index (χ2n) is 7.01. The Morgan fingerprint density at radius 3 is 2.32 bits per heavy atom. The molecule has 0 aromatic heterocycles. The van der Waals surface area contributed by atoms with Crippen LogP contribution in [0.5, 0.6) is 5.75 Å². The van der Waals surface area contributed by atoms with Crippen molar-refractivity contribution in [1.29, 1.82) is 0 Å². The second kappa shape index (κ2) is 8.54. The van der Waals surface area contributed by atoms with Crippen LogP contribution in [0.3, 0.4) is 0 Å². The van der Waals surface area contributed by atoms with Crippen LogP contribution in [0.25, 0.3) is 0 Å². The molecule has 0 radical (unpaired) electrons. The van der Waals surface area contributed by atoms with E-state index in [1.807, 2.05) is 17.0 Å². The second-order valence-corrected chi connectivity index (χ2v) is 7.01. The molecule has 1 aromatic rings. The van der Waals surface area contributed by atoms with Crippen LogP contribution in [0.4, 0.5) is 4.79 Å². The molecule has 2 aliphatic heterocycles. The van der Waals surface area contributed by atoms with Crippen molar-refractivity contribution in [3.05, 3.63) is 29.8 Å². The number of phenolic OH excluding ortho intramolecular Hbond substituents is 1. The maximum atomic E-state index is 12.3. The number of aromatic hydroxyl groups is 1. The van der Waals surface area contributed by atoms with Crippen molar-refractivity contribution in [3.8, 4) is 5.75 Å². The number of hydrogen-bond acceptors (Lipinski definition) is 4. The SMILES string of the molecule is CCN1CCN(C2CCN(C(=O)NCc3ccc(O)cc3)CC2)CC1. The first kappa shape index (κ1) is 18.0. The summed E-state index contributed by atoms with van der Waals surface area (Å²) in [6.07, 6.45) is 2.14. The number of carbonyl (C=O) groups is 1. The van der Waals surface area contributed by atoms with Crippen molar-refractivity contribution >= 4 is 6.03 Å². The first-order chi connectivity index (χ1) is 12.2. The molecular weight excluding hydrogens is 316 g/mol. The molecule has 1 aromatic carbocycles. The van der Waals surface area contributed by atoms with Crippen molar-refractivity contribution < 1.29 is 9.90 Å². The van der Waals surface area contributed by atoms with Gasteiger partial charge in [0, 0.05) is 51.9 Å². The van der Waals surface area contributed by atoms with Crippen LogP contribution in [0.2, 0.25) is 0 Å². The molecule has 0 aliphatic carbocycles. The van der Waals surface area contributed by atoms with Crippen molar-refractivity contribution in [2.24, 2.45) is 0 Å². The van der Waals surface area contributed by atoms with Gasteiger partial charge in [-0.25, -0.2) is 4.79 Å². The first-order valence-electron chi connectivity index (χ1n) is 9.43. The number of rotatable bonds is 4. The fraction of sp³-hybridized carbons (Fsp3) is 0.632. The number of phenols is 1. The third-order valence-electron chi connectivity index (χ3n) is 5.50. The van der Waals surface area contributed by atoms with Crippen molar-refractivity contribution in [1.82, 2.24) is 20.0 Å². The average Bonchev–Trinajstić information content (AvgIpc) is 2.67. The third-order valence-corrected chi connectivity index (χ3v) is 5.50. The Labute approximate surface area is 150 Å². The van der Waals surface area contributed by atoms with E-state index in [1.165, 1.54) is 13.1 Å². The monoisotopic (exact) mass is 346 g/mol. The minimum Gasteiger partial charge on any atom is -0.508 e. The van der Waals surface area contributed by atoms with Gasteiger partial charge in [-0.1, -0.05) is 19.1 Å². The fourth-order valence-corrected chi connectivity index (χ4v) is 3.78. The lowest BCUT2D eigenvalue weighted by Gasteiger charge is -2.42. The number of nitrogens with one attached hydrogen (secondary N) is 1. The third kappa shape index (κ3) is 4.86. The van der Waals surface area contributed by atoms with E-state index in [1.54, 1.807) is 12.1 Å². The van der Waals surface area contributed by atoms with Gasteiger partial charge in [0.05, 0.1) is 0 Å². The van der Waals surface area contributed by atoms with E-state index in [0.29, 0.717) is 12.6 Å². The summed E-state index contributed by atoms with van der Waals surface area (Å²) in [5.41, 5.74) is 0.995. The molecule has 0 saturated carbocycles. The number of benzene rings is 1. The Balaban J connectivity index is 1.39. The van der Waals surface area contributed by atoms with Crippen LogP contribution in [-0.2, 0) is 6.54 Å². The van der Waals surface area contributed by atoms with E-state index in [9.17, 15) is 9.90 Å². The summed E-state index contributed by atoms with van der Waals surface area (Å²) >= 11 is 0. The molecule has 6 nitrogen and oxygen atoms in total. The van der Waals surface area contributed by atoms with Crippen LogP contribution in [-0.4, -0.2) is 77.7 Å². The number of piperidine rings is 1. The van der Waals surface area contributed by atoms with Gasteiger partial charge >= 0.3 is 6.03 Å². The normalized spacial score (nSPS) is 20.6. The number of likely N-dealkylation sites (N-methyl/N-ethyl adjacent to an activating group) is 1. The van der Waals surface area contributed by atoms with Crippen LogP contribution in [0.15, 0.2) is 24.3 Å². The minimum absolute atomic E-state index is 0.0160. The largest absolute Gasteiger partial charge is 0.508 e. The molecule has 2 fully saturated rings. The van der Waals surface area contributed by atoms with Gasteiger partial charge in [-0.05, 0) is 37.1 Å². The van der Waals surface area contributed by atoms with E-state index in [0.717, 1.165) is 51.1 Å². The maximum absolute atomic E-state index is 12.3. The number of amides is 2. The Bertz CT molecular complexity index is 547. The molecule has 2 saturated heterocycles. The number of urea groups is 1. The average molecular weight is 346 g/mol. The van der Waals surface area contributed by atoms with Crippen molar-refractivity contribution in [2.75, 3.05) is 45.8 Å². The summed E-state index contributed by atoms with van der Waals surface area (Å²) < 4.78 is 0. The molecule has 2 heterocycles. The molecule has 0 atom stereocenters. The van der Waals surface area contributed by atoms with Crippen LogP contribution in [0.1, 0.15) is 25.3 Å². The standard InChI is InChI=1S/C19H30N4O2/c1-2-21-11-13-22(14-12-21)17-7-9-23(10-8-17)19(25)20-15-16-3-5-18(24)6-4-16/h3-6,17,24H,2,7-15H2,1H3,(H,20,25). The van der Waals surface area contributed by atoms with Gasteiger partial charge in [-0.3, -0.25) is 4.90 Å². The zero-order chi connectivity index (χ0) is 17.6. The van der Waals surface area contributed by atoms with Gasteiger partial charge in [0.25, 0.3) is 0 Å². The smallest absolute Gasteiger partial charge is 0.317 e. The summed E-state index contributed by atoms with van der Waals surface area (Å²) in [5, 5.41) is 12.3. The number of nitrogens with zero attached hydrogens (tertiary/aromatic N) is 3. The lowest BCUT2D eigenvalue weighted by molar-refractivity contribution is 0.0675. The Kier molecular flexibility index (Phi) is 6.15. The molecular formula is C19H30N4O2. The molecule has 6 heteroatoms. The summed E-state index contributed by atoms with van der Waals surface area (Å²) in [7, 11) is 0. The molecule has 0 spiro atoms. The molecule has 2 amide bonds. The molecule has 0 bridgehead atoms. The Morgan fingerprint density at radius 2 is 1.72 bits per heavy atom. The highest BCUT2D eigenvalue weighted by molar-refractivity contribution is 5.74. The van der Waals surface area contributed by atoms with Gasteiger partial charge < -0.3 is 20.2 Å². The van der Waals surface area contributed by atoms with Crippen LogP contribution >= 0.6 is 0 Å². The minimum atomic E-state index is 0.0160. The van der Waals surface area contributed by atoms with Crippen molar-refractivity contribution in [3.63, 3.8) is 0 Å². The number of hydrogen-bond donors (Lipinski definition) is 2. The van der Waals surface area contributed by atoms with E-state index in [4.69, 9.17) is 0 Å². The van der Waals surface area contributed by atoms with Gasteiger partial charge in [0.2, 0.25) is 0 Å². The highest BCUT2D eigenvalue weighted by Gasteiger charge is 2.28. The van der Waals surface area contributed by atoms with Crippen LogP contribution in [0, 0.1) is 0 Å². The highest BCUT2D eigenvalue weighted by atomic mass is 16.3. The zero-order valence-electron chi connectivity index (χ0n) is 15.2. The van der Waals surface area contributed by atoms with Gasteiger partial charge in [0.15, 0.2) is 0 Å². The topological polar surface area (TPSA) is 59.0 Å². The van der Waals surface area contributed by atoms with E-state index in [-0.39, 0.29) is 11.8 Å². The molecule has 0 unspecified atom stereocenters. The summed E-state index contributed by atoms with van der Waals surface area (Å²) in [6, 6.07) is 7.59. The fourth-order valence-electron chi connectivity index (χ4n) is 3.78. The molecule has 25 heavy (non-hydrogen) atoms. The molecule has 3 rings (SSSR count). The summed E-state index contributed by atoms with van der Waals surface area (Å²) in [6.45, 7) is 10.2. The van der Waals surface area contributed by atoms with Gasteiger partial charge in [-0.2, -0.15) is 0 Å². The summed E-state index contributed by atoms with van der Waals surface area (Å²) in [5.74, 6) is 0.247. The van der Waals surface area contributed by atoms with E-state index >= 15 is 0 Å². The number of carbonyl (C=O) groups excluding carboxylic acids is 1. The zero-order valence-corrected chi connectivity index (χ0v) is 15.2. The predicted octanol–water partition coefficient (Wildman–Crippen LogP) is 1.70. The lowest BCUT2D eigenvalue weighted by atomic mass is 10.0. The van der Waals surface area contributed by atoms with E-state index < -0.39 is 0 Å². The molecule has 2 aliphatic rings. The van der Waals surface area contributed by atoms with Crippen molar-refractivity contribution in [2.45, 2.75) is 32.4 Å². The quantitative estimate of drug-likeness (QED) is 0.871. The Hall–Kier alpha value is -1.79. The predicted molar refractivity (Wildman–Crippen MR) is 98.6 cm³/mol. The summed E-state index contributed by atoms with van der Waals surface area (Å²) in [4.78, 5) is 19.4. The molecule has 138 valence electrons. The van der Waals surface area contributed by atoms with Gasteiger partial charge in [-0.15, -0.1) is 0 Å². The number of piperazine rings is 1.